The van der Waals surface area contributed by atoms with Gasteiger partial charge >= 0.3 is 6.09 Å². The molecule has 0 saturated heterocycles. The molecule has 168 valence electrons. The molecule has 9 heteroatoms. The number of hydrogen-bond donors (Lipinski definition) is 2. The molecule has 0 saturated carbocycles. The summed E-state index contributed by atoms with van der Waals surface area (Å²) in [6.45, 7) is 5.12. The van der Waals surface area contributed by atoms with E-state index in [2.05, 4.69) is 15.6 Å². The van der Waals surface area contributed by atoms with E-state index in [0.29, 0.717) is 17.3 Å². The highest BCUT2D eigenvalue weighted by Gasteiger charge is 2.18. The van der Waals surface area contributed by atoms with Crippen LogP contribution in [0.2, 0.25) is 0 Å². The molecule has 0 radical (unpaired) electrons. The zero-order valence-corrected chi connectivity index (χ0v) is 18.8. The highest BCUT2D eigenvalue weighted by atomic mass is 32.2. The van der Waals surface area contributed by atoms with E-state index < -0.39 is 17.5 Å². The predicted octanol–water partition coefficient (Wildman–Crippen LogP) is 5.70. The molecule has 0 aliphatic heterocycles. The Bertz CT molecular complexity index is 1080. The van der Waals surface area contributed by atoms with E-state index in [9.17, 15) is 14.0 Å². The number of amides is 2. The summed E-state index contributed by atoms with van der Waals surface area (Å²) in [6, 6.07) is 13.5. The second-order valence-corrected chi connectivity index (χ2v) is 8.86. The lowest BCUT2D eigenvalue weighted by Crippen LogP contribution is -2.27. The molecule has 0 aliphatic rings. The van der Waals surface area contributed by atoms with Crippen LogP contribution in [-0.4, -0.2) is 28.3 Å². The Morgan fingerprint density at radius 3 is 2.59 bits per heavy atom. The van der Waals surface area contributed by atoms with E-state index in [1.807, 2.05) is 30.3 Å². The third-order valence-electron chi connectivity index (χ3n) is 3.94. The normalized spacial score (nSPS) is 11.1. The first-order valence-electron chi connectivity index (χ1n) is 9.86. The van der Waals surface area contributed by atoms with Gasteiger partial charge in [-0.15, -0.1) is 11.8 Å². The number of anilines is 2. The number of thioether (sulfide) groups is 1. The van der Waals surface area contributed by atoms with Crippen molar-refractivity contribution in [2.75, 3.05) is 16.4 Å². The summed E-state index contributed by atoms with van der Waals surface area (Å²) in [5, 5.41) is 5.04. The second-order valence-electron chi connectivity index (χ2n) is 7.87. The molecule has 3 rings (SSSR count). The monoisotopic (exact) mass is 457 g/mol. The number of ether oxygens (including phenoxy) is 1. The van der Waals surface area contributed by atoms with E-state index in [0.717, 1.165) is 17.3 Å². The van der Waals surface area contributed by atoms with Crippen molar-refractivity contribution in [3.8, 4) is 11.5 Å². The lowest BCUT2D eigenvalue weighted by molar-refractivity contribution is -0.113. The zero-order chi connectivity index (χ0) is 23.1. The maximum Gasteiger partial charge on any atom is 0.412 e. The van der Waals surface area contributed by atoms with Crippen molar-refractivity contribution in [1.29, 1.82) is 0 Å². The summed E-state index contributed by atoms with van der Waals surface area (Å²) in [4.78, 5) is 28.6. The molecule has 0 atom stereocenters. The molecule has 1 heterocycles. The maximum absolute atomic E-state index is 14.0. The largest absolute Gasteiger partial charge is 0.444 e. The Balaban J connectivity index is 1.50. The van der Waals surface area contributed by atoms with Gasteiger partial charge in [0.15, 0.2) is 0 Å². The number of benzene rings is 2. The molecule has 1 aromatic heterocycles. The number of aromatic nitrogens is 1. The van der Waals surface area contributed by atoms with Gasteiger partial charge in [-0.2, -0.15) is 0 Å². The van der Waals surface area contributed by atoms with Crippen molar-refractivity contribution in [3.63, 3.8) is 0 Å². The molecular formula is C23H24FN3O4S. The Hall–Kier alpha value is -3.33. The summed E-state index contributed by atoms with van der Waals surface area (Å²) < 4.78 is 24.6. The van der Waals surface area contributed by atoms with E-state index in [1.165, 1.54) is 23.9 Å². The van der Waals surface area contributed by atoms with Gasteiger partial charge < -0.3 is 14.5 Å². The molecule has 7 nitrogen and oxygen atoms in total. The van der Waals surface area contributed by atoms with Crippen molar-refractivity contribution in [1.82, 2.24) is 4.98 Å². The number of carbonyl (C=O) groups excluding carboxylic acids is 2. The average Bonchev–Trinajstić information content (AvgIpc) is 3.19. The van der Waals surface area contributed by atoms with Crippen LogP contribution in [0.5, 0.6) is 0 Å². The Kier molecular flexibility index (Phi) is 7.53. The summed E-state index contributed by atoms with van der Waals surface area (Å²) in [7, 11) is 0. The van der Waals surface area contributed by atoms with Crippen LogP contribution in [0.4, 0.5) is 20.6 Å². The third-order valence-corrected chi connectivity index (χ3v) is 4.91. The smallest absolute Gasteiger partial charge is 0.412 e. The van der Waals surface area contributed by atoms with E-state index in [-0.39, 0.29) is 17.3 Å². The van der Waals surface area contributed by atoms with Crippen LogP contribution in [0, 0.1) is 5.82 Å². The molecule has 0 aliphatic carbocycles. The van der Waals surface area contributed by atoms with Crippen LogP contribution in [0.3, 0.4) is 0 Å². The number of hydrogen-bond acceptors (Lipinski definition) is 6. The maximum atomic E-state index is 14.0. The summed E-state index contributed by atoms with van der Waals surface area (Å²) >= 11 is 1.37. The summed E-state index contributed by atoms with van der Waals surface area (Å²) in [5.41, 5.74) is 1.17. The van der Waals surface area contributed by atoms with Gasteiger partial charge in [0, 0.05) is 17.0 Å². The van der Waals surface area contributed by atoms with Crippen molar-refractivity contribution < 1.29 is 23.1 Å². The van der Waals surface area contributed by atoms with Crippen molar-refractivity contribution in [2.24, 2.45) is 0 Å². The summed E-state index contributed by atoms with van der Waals surface area (Å²) in [5.74, 6) is 0.292. The lowest BCUT2D eigenvalue weighted by Gasteiger charge is -2.20. The van der Waals surface area contributed by atoms with E-state index in [4.69, 9.17) is 9.15 Å². The molecule has 2 aromatic carbocycles. The molecule has 0 fully saturated rings. The quantitative estimate of drug-likeness (QED) is 0.473. The Morgan fingerprint density at radius 2 is 1.88 bits per heavy atom. The van der Waals surface area contributed by atoms with Gasteiger partial charge in [-0.1, -0.05) is 18.2 Å². The highest BCUT2D eigenvalue weighted by Crippen LogP contribution is 2.22. The van der Waals surface area contributed by atoms with E-state index in [1.54, 1.807) is 27.0 Å². The SMILES string of the molecule is CC(C)(C)OC(=O)Nc1cc(NC(=O)CSCc2coc(-c3ccccc3)n2)ccc1F. The molecule has 2 amide bonds. The number of nitrogens with one attached hydrogen (secondary N) is 2. The molecule has 0 spiro atoms. The van der Waals surface area contributed by atoms with E-state index >= 15 is 0 Å². The van der Waals surface area contributed by atoms with Crippen LogP contribution in [-0.2, 0) is 15.3 Å². The molecule has 0 bridgehead atoms. The van der Waals surface area contributed by atoms with Crippen LogP contribution >= 0.6 is 11.8 Å². The summed E-state index contributed by atoms with van der Waals surface area (Å²) in [6.07, 6.45) is 0.792. The second kappa shape index (κ2) is 10.3. The minimum atomic E-state index is -0.780. The van der Waals surface area contributed by atoms with Crippen LogP contribution in [0.1, 0.15) is 26.5 Å². The number of carbonyl (C=O) groups is 2. The van der Waals surface area contributed by atoms with Gasteiger partial charge in [-0.05, 0) is 51.1 Å². The van der Waals surface area contributed by atoms with Gasteiger partial charge in [-0.25, -0.2) is 14.2 Å². The highest BCUT2D eigenvalue weighted by molar-refractivity contribution is 7.99. The molecule has 32 heavy (non-hydrogen) atoms. The first kappa shape index (κ1) is 23.3. The minimum Gasteiger partial charge on any atom is -0.444 e. The zero-order valence-electron chi connectivity index (χ0n) is 18.0. The molecule has 0 unspecified atom stereocenters. The Morgan fingerprint density at radius 1 is 1.12 bits per heavy atom. The van der Waals surface area contributed by atoms with Gasteiger partial charge in [0.25, 0.3) is 0 Å². The fraction of sp³-hybridized carbons (Fsp3) is 0.261. The molecular weight excluding hydrogens is 433 g/mol. The number of rotatable bonds is 7. The fourth-order valence-electron chi connectivity index (χ4n) is 2.64. The first-order chi connectivity index (χ1) is 15.2. The van der Waals surface area contributed by atoms with Gasteiger partial charge in [0.05, 0.1) is 17.1 Å². The fourth-order valence-corrected chi connectivity index (χ4v) is 3.35. The van der Waals surface area contributed by atoms with Gasteiger partial charge in [0.1, 0.15) is 17.7 Å². The van der Waals surface area contributed by atoms with Crippen LogP contribution in [0.15, 0.2) is 59.2 Å². The Labute approximate surface area is 189 Å². The van der Waals surface area contributed by atoms with Gasteiger partial charge in [0.2, 0.25) is 11.8 Å². The number of nitrogens with zero attached hydrogens (tertiary/aromatic N) is 1. The third kappa shape index (κ3) is 7.12. The van der Waals surface area contributed by atoms with Crippen molar-refractivity contribution in [2.45, 2.75) is 32.1 Å². The standard InChI is InChI=1S/C23H24FN3O4S/c1-23(2,3)31-22(29)27-19-11-16(9-10-18(19)24)25-20(28)14-32-13-17-12-30-21(26-17)15-7-5-4-6-8-15/h4-12H,13-14H2,1-3H3,(H,25,28)(H,27,29). The van der Waals surface area contributed by atoms with Crippen molar-refractivity contribution in [3.05, 3.63) is 66.3 Å². The lowest BCUT2D eigenvalue weighted by atomic mass is 10.2. The first-order valence-corrected chi connectivity index (χ1v) is 11.0. The molecule has 3 aromatic rings. The number of oxazole rings is 1. The minimum absolute atomic E-state index is 0.0826. The van der Waals surface area contributed by atoms with Gasteiger partial charge in [-0.3, -0.25) is 10.1 Å². The average molecular weight is 458 g/mol. The van der Waals surface area contributed by atoms with Crippen LogP contribution in [0.25, 0.3) is 11.5 Å². The number of halogens is 1. The van der Waals surface area contributed by atoms with Crippen LogP contribution < -0.4 is 10.6 Å². The van der Waals surface area contributed by atoms with Crippen molar-refractivity contribution >= 4 is 35.1 Å². The molecule has 2 N–H and O–H groups in total. The predicted molar refractivity (Wildman–Crippen MR) is 123 cm³/mol. The topological polar surface area (TPSA) is 93.5 Å².